The smallest absolute Gasteiger partial charge is 0.159 e. The van der Waals surface area contributed by atoms with E-state index in [2.05, 4.69) is 46.7 Å². The highest BCUT2D eigenvalue weighted by atomic mass is 16.1. The van der Waals surface area contributed by atoms with Gasteiger partial charge in [-0.05, 0) is 51.9 Å². The van der Waals surface area contributed by atoms with Crippen molar-refractivity contribution in [2.75, 3.05) is 20.6 Å². The predicted octanol–water partition coefficient (Wildman–Crippen LogP) is 3.28. The summed E-state index contributed by atoms with van der Waals surface area (Å²) in [5, 5.41) is 0. The molecular formula is C14H27NO. The van der Waals surface area contributed by atoms with Gasteiger partial charge in [0.1, 0.15) is 0 Å². The van der Waals surface area contributed by atoms with E-state index in [1.165, 1.54) is 5.57 Å². The van der Waals surface area contributed by atoms with Crippen LogP contribution in [-0.4, -0.2) is 31.3 Å². The Morgan fingerprint density at radius 1 is 1.19 bits per heavy atom. The molecule has 0 amide bonds. The first-order chi connectivity index (χ1) is 7.19. The van der Waals surface area contributed by atoms with Crippen molar-refractivity contribution >= 4 is 5.78 Å². The molecule has 0 aromatic carbocycles. The van der Waals surface area contributed by atoms with Crippen LogP contribution < -0.4 is 0 Å². The second-order valence-electron chi connectivity index (χ2n) is 5.74. The topological polar surface area (TPSA) is 20.3 Å². The number of Topliss-reactive ketones (excluding diaryl/α,β-unsaturated/α-hetero) is 1. The number of ketones is 1. The molecule has 0 atom stereocenters. The number of hydrogen-bond donors (Lipinski definition) is 0. The van der Waals surface area contributed by atoms with Gasteiger partial charge in [-0.1, -0.05) is 26.3 Å². The van der Waals surface area contributed by atoms with E-state index >= 15 is 0 Å². The molecule has 0 heterocycles. The highest BCUT2D eigenvalue weighted by Crippen LogP contribution is 2.36. The van der Waals surface area contributed by atoms with E-state index < -0.39 is 0 Å². The van der Waals surface area contributed by atoms with E-state index in [1.54, 1.807) is 0 Å². The van der Waals surface area contributed by atoms with Gasteiger partial charge in [-0.2, -0.15) is 0 Å². The lowest BCUT2D eigenvalue weighted by Gasteiger charge is -2.29. The van der Waals surface area contributed by atoms with Gasteiger partial charge in [0.25, 0.3) is 0 Å². The van der Waals surface area contributed by atoms with Gasteiger partial charge < -0.3 is 4.90 Å². The quantitative estimate of drug-likeness (QED) is 0.682. The first kappa shape index (κ1) is 15.4. The minimum Gasteiger partial charge on any atom is -0.310 e. The molecule has 0 radical (unpaired) electrons. The number of allylic oxidation sites excluding steroid dienone is 2. The molecular weight excluding hydrogens is 198 g/mol. The zero-order valence-electron chi connectivity index (χ0n) is 12.0. The minimum absolute atomic E-state index is 0.195. The predicted molar refractivity (Wildman–Crippen MR) is 70.6 cm³/mol. The molecule has 2 nitrogen and oxygen atoms in total. The molecule has 1 rings (SSSR count). The van der Waals surface area contributed by atoms with Crippen LogP contribution in [0.3, 0.4) is 0 Å². The molecule has 16 heavy (non-hydrogen) atoms. The molecule has 0 N–H and O–H groups in total. The van der Waals surface area contributed by atoms with Gasteiger partial charge in [0.05, 0.1) is 0 Å². The minimum atomic E-state index is 0.195. The Hall–Kier alpha value is -0.630. The lowest BCUT2D eigenvalue weighted by atomic mass is 9.74. The van der Waals surface area contributed by atoms with Crippen LogP contribution in [0.2, 0.25) is 0 Å². The molecule has 2 heteroatoms. The van der Waals surface area contributed by atoms with Gasteiger partial charge in [0.15, 0.2) is 5.78 Å². The summed E-state index contributed by atoms with van der Waals surface area (Å²) in [6.45, 7) is 11.6. The van der Waals surface area contributed by atoms with Crippen molar-refractivity contribution in [3.63, 3.8) is 0 Å². The lowest BCUT2D eigenvalue weighted by molar-refractivity contribution is -0.118. The van der Waals surface area contributed by atoms with Crippen LogP contribution in [-0.2, 0) is 4.79 Å². The second-order valence-corrected chi connectivity index (χ2v) is 5.74. The fraction of sp³-hybridized carbons (Fsp3) is 0.786. The Labute approximate surface area is 101 Å². The van der Waals surface area contributed by atoms with Crippen molar-refractivity contribution in [1.29, 1.82) is 0 Å². The van der Waals surface area contributed by atoms with Gasteiger partial charge in [-0.3, -0.25) is 4.79 Å². The van der Waals surface area contributed by atoms with Gasteiger partial charge in [-0.25, -0.2) is 0 Å². The Morgan fingerprint density at radius 3 is 1.94 bits per heavy atom. The SMILES string of the molecule is CC1=C(C)C(=O)CC(C)(C)C1.CCN(C)C. The van der Waals surface area contributed by atoms with Crippen LogP contribution in [0.25, 0.3) is 0 Å². The summed E-state index contributed by atoms with van der Waals surface area (Å²) in [4.78, 5) is 13.5. The van der Waals surface area contributed by atoms with Crippen LogP contribution in [0.5, 0.6) is 0 Å². The third kappa shape index (κ3) is 5.45. The lowest BCUT2D eigenvalue weighted by Crippen LogP contribution is -2.23. The van der Waals surface area contributed by atoms with Crippen molar-refractivity contribution in [3.8, 4) is 0 Å². The van der Waals surface area contributed by atoms with E-state index in [0.717, 1.165) is 25.0 Å². The summed E-state index contributed by atoms with van der Waals surface area (Å²) in [7, 11) is 4.11. The van der Waals surface area contributed by atoms with E-state index in [-0.39, 0.29) is 5.41 Å². The summed E-state index contributed by atoms with van der Waals surface area (Å²) in [5.41, 5.74) is 2.45. The maximum atomic E-state index is 11.4. The second kappa shape index (κ2) is 6.19. The van der Waals surface area contributed by atoms with E-state index in [4.69, 9.17) is 0 Å². The van der Waals surface area contributed by atoms with E-state index in [1.807, 2.05) is 6.92 Å². The van der Waals surface area contributed by atoms with Gasteiger partial charge in [0.2, 0.25) is 0 Å². The standard InChI is InChI=1S/C10H16O.C4H11N/c1-7-5-10(3,4)6-9(11)8(7)2;1-4-5(2)3/h5-6H2,1-4H3;4H2,1-3H3. The van der Waals surface area contributed by atoms with E-state index in [0.29, 0.717) is 5.78 Å². The number of carbonyl (C=O) groups is 1. The number of hydrogen-bond acceptors (Lipinski definition) is 2. The molecule has 0 saturated heterocycles. The zero-order valence-corrected chi connectivity index (χ0v) is 12.0. The molecule has 1 aliphatic carbocycles. The van der Waals surface area contributed by atoms with Crippen molar-refractivity contribution in [2.24, 2.45) is 5.41 Å². The number of carbonyl (C=O) groups excluding carboxylic acids is 1. The highest BCUT2D eigenvalue weighted by Gasteiger charge is 2.28. The van der Waals surface area contributed by atoms with Gasteiger partial charge in [-0.15, -0.1) is 0 Å². The average Bonchev–Trinajstić information content (AvgIpc) is 2.13. The fourth-order valence-electron chi connectivity index (χ4n) is 1.72. The first-order valence-electron chi connectivity index (χ1n) is 6.04. The molecule has 0 aromatic rings. The number of nitrogens with zero attached hydrogens (tertiary/aromatic N) is 1. The Bertz CT molecular complexity index is 274. The largest absolute Gasteiger partial charge is 0.310 e. The van der Waals surface area contributed by atoms with Crippen LogP contribution in [0.4, 0.5) is 0 Å². The average molecular weight is 225 g/mol. The van der Waals surface area contributed by atoms with Crippen molar-refractivity contribution in [1.82, 2.24) is 4.90 Å². The Kier molecular flexibility index (Phi) is 5.95. The maximum absolute atomic E-state index is 11.4. The van der Waals surface area contributed by atoms with Crippen LogP contribution >= 0.6 is 0 Å². The summed E-state index contributed by atoms with van der Waals surface area (Å²) >= 11 is 0. The summed E-state index contributed by atoms with van der Waals surface area (Å²) in [6.07, 6.45) is 1.79. The Morgan fingerprint density at radius 2 is 1.62 bits per heavy atom. The molecule has 0 saturated carbocycles. The third-order valence-corrected chi connectivity index (χ3v) is 3.07. The Balaban J connectivity index is 0.000000385. The zero-order chi connectivity index (χ0) is 12.9. The molecule has 0 aromatic heterocycles. The summed E-state index contributed by atoms with van der Waals surface area (Å²) in [5.74, 6) is 0.332. The normalized spacial score (nSPS) is 19.6. The molecule has 0 fully saturated rings. The van der Waals surface area contributed by atoms with Crippen molar-refractivity contribution in [2.45, 2.75) is 47.5 Å². The van der Waals surface area contributed by atoms with Crippen LogP contribution in [0.1, 0.15) is 47.5 Å². The molecule has 1 aliphatic rings. The van der Waals surface area contributed by atoms with Crippen molar-refractivity contribution < 1.29 is 4.79 Å². The van der Waals surface area contributed by atoms with Crippen LogP contribution in [0.15, 0.2) is 11.1 Å². The van der Waals surface area contributed by atoms with Crippen molar-refractivity contribution in [3.05, 3.63) is 11.1 Å². The summed E-state index contributed by atoms with van der Waals surface area (Å²) < 4.78 is 0. The monoisotopic (exact) mass is 225 g/mol. The highest BCUT2D eigenvalue weighted by molar-refractivity contribution is 5.96. The maximum Gasteiger partial charge on any atom is 0.159 e. The number of rotatable bonds is 1. The van der Waals surface area contributed by atoms with Gasteiger partial charge >= 0.3 is 0 Å². The van der Waals surface area contributed by atoms with Gasteiger partial charge in [0, 0.05) is 6.42 Å². The third-order valence-electron chi connectivity index (χ3n) is 3.07. The first-order valence-corrected chi connectivity index (χ1v) is 6.04. The molecule has 0 spiro atoms. The molecule has 94 valence electrons. The van der Waals surface area contributed by atoms with E-state index in [9.17, 15) is 4.79 Å². The van der Waals surface area contributed by atoms with Crippen LogP contribution in [0, 0.1) is 5.41 Å². The molecule has 0 aliphatic heterocycles. The summed E-state index contributed by atoms with van der Waals surface area (Å²) in [6, 6.07) is 0. The molecule has 0 unspecified atom stereocenters. The molecule has 0 bridgehead atoms. The fourth-order valence-corrected chi connectivity index (χ4v) is 1.72.